The second-order valence-corrected chi connectivity index (χ2v) is 4.83. The molecule has 2 aromatic heterocycles. The predicted molar refractivity (Wildman–Crippen MR) is 77.4 cm³/mol. The predicted octanol–water partition coefficient (Wildman–Crippen LogP) is 2.28. The zero-order chi connectivity index (χ0) is 14.8. The van der Waals surface area contributed by atoms with Crippen molar-refractivity contribution >= 4 is 5.78 Å². The number of nitrogens with zero attached hydrogens (tertiary/aromatic N) is 5. The van der Waals surface area contributed by atoms with Crippen molar-refractivity contribution in [3.63, 3.8) is 0 Å². The maximum absolute atomic E-state index is 11.5. The summed E-state index contributed by atoms with van der Waals surface area (Å²) < 4.78 is 3.69. The zero-order valence-electron chi connectivity index (χ0n) is 11.8. The number of Topliss-reactive ketones (excluding diaryl/α,β-unsaturated/α-hetero) is 1. The molecule has 0 N–H and O–H groups in total. The van der Waals surface area contributed by atoms with Crippen LogP contribution in [0.4, 0.5) is 0 Å². The highest BCUT2D eigenvalue weighted by Gasteiger charge is 2.16. The Kier molecular flexibility index (Phi) is 3.35. The molecule has 0 saturated carbocycles. The SMILES string of the molecule is CC(=O)c1cccc(-n2cnnc2[C@@H](C)n2cccn2)c1. The van der Waals surface area contributed by atoms with Crippen molar-refractivity contribution in [2.45, 2.75) is 19.9 Å². The molecule has 6 nitrogen and oxygen atoms in total. The van der Waals surface area contributed by atoms with Gasteiger partial charge in [0.25, 0.3) is 0 Å². The fraction of sp³-hybridized carbons (Fsp3) is 0.200. The van der Waals surface area contributed by atoms with Crippen molar-refractivity contribution in [1.82, 2.24) is 24.5 Å². The van der Waals surface area contributed by atoms with Gasteiger partial charge in [-0.3, -0.25) is 14.0 Å². The van der Waals surface area contributed by atoms with Crippen LogP contribution in [0.1, 0.15) is 36.1 Å². The maximum Gasteiger partial charge on any atom is 0.162 e. The highest BCUT2D eigenvalue weighted by atomic mass is 16.1. The van der Waals surface area contributed by atoms with Gasteiger partial charge in [-0.25, -0.2) is 0 Å². The molecule has 1 aromatic carbocycles. The number of hydrogen-bond donors (Lipinski definition) is 0. The number of benzene rings is 1. The van der Waals surface area contributed by atoms with Crippen LogP contribution in [0.3, 0.4) is 0 Å². The van der Waals surface area contributed by atoms with Crippen molar-refractivity contribution in [1.29, 1.82) is 0 Å². The molecule has 3 rings (SSSR count). The minimum absolute atomic E-state index is 0.0339. The van der Waals surface area contributed by atoms with Gasteiger partial charge in [-0.2, -0.15) is 5.10 Å². The van der Waals surface area contributed by atoms with Crippen LogP contribution in [-0.2, 0) is 0 Å². The largest absolute Gasteiger partial charge is 0.295 e. The van der Waals surface area contributed by atoms with Crippen molar-refractivity contribution in [3.8, 4) is 5.69 Å². The third-order valence-corrected chi connectivity index (χ3v) is 3.40. The van der Waals surface area contributed by atoms with E-state index < -0.39 is 0 Å². The molecule has 0 bridgehead atoms. The average Bonchev–Trinajstić information content (AvgIpc) is 3.18. The summed E-state index contributed by atoms with van der Waals surface area (Å²) in [7, 11) is 0. The molecule has 0 spiro atoms. The van der Waals surface area contributed by atoms with Gasteiger partial charge in [-0.05, 0) is 32.0 Å². The van der Waals surface area contributed by atoms with E-state index in [1.165, 1.54) is 0 Å². The Morgan fingerprint density at radius 1 is 1.29 bits per heavy atom. The first-order valence-corrected chi connectivity index (χ1v) is 6.67. The average molecular weight is 281 g/mol. The van der Waals surface area contributed by atoms with Crippen molar-refractivity contribution < 1.29 is 4.79 Å². The minimum atomic E-state index is -0.0523. The summed E-state index contributed by atoms with van der Waals surface area (Å²) in [5.74, 6) is 0.797. The quantitative estimate of drug-likeness (QED) is 0.688. The molecule has 1 atom stereocenters. The first-order chi connectivity index (χ1) is 10.2. The van der Waals surface area contributed by atoms with E-state index in [2.05, 4.69) is 15.3 Å². The van der Waals surface area contributed by atoms with Crippen molar-refractivity contribution in [3.05, 3.63) is 60.4 Å². The molecule has 0 fully saturated rings. The number of hydrogen-bond acceptors (Lipinski definition) is 4. The molecule has 0 amide bonds. The van der Waals surface area contributed by atoms with Gasteiger partial charge >= 0.3 is 0 Å². The topological polar surface area (TPSA) is 65.6 Å². The van der Waals surface area contributed by atoms with E-state index >= 15 is 0 Å². The van der Waals surface area contributed by atoms with Crippen LogP contribution in [0.25, 0.3) is 5.69 Å². The van der Waals surface area contributed by atoms with E-state index in [1.807, 2.05) is 46.6 Å². The van der Waals surface area contributed by atoms with Crippen LogP contribution in [0.15, 0.2) is 49.1 Å². The number of aromatic nitrogens is 5. The summed E-state index contributed by atoms with van der Waals surface area (Å²) in [5, 5.41) is 12.4. The van der Waals surface area contributed by atoms with Crippen molar-refractivity contribution in [2.24, 2.45) is 0 Å². The molecule has 0 radical (unpaired) electrons. The number of carbonyl (C=O) groups excluding carboxylic acids is 1. The lowest BCUT2D eigenvalue weighted by molar-refractivity contribution is 0.101. The molecule has 0 aliphatic rings. The summed E-state index contributed by atoms with van der Waals surface area (Å²) in [5.41, 5.74) is 1.53. The van der Waals surface area contributed by atoms with Gasteiger partial charge in [0.05, 0.1) is 0 Å². The lowest BCUT2D eigenvalue weighted by Crippen LogP contribution is -2.13. The van der Waals surface area contributed by atoms with E-state index in [0.29, 0.717) is 5.56 Å². The first kappa shape index (κ1) is 13.2. The zero-order valence-corrected chi connectivity index (χ0v) is 11.8. The molecule has 3 aromatic rings. The van der Waals surface area contributed by atoms with E-state index in [9.17, 15) is 4.79 Å². The normalized spacial score (nSPS) is 12.3. The van der Waals surface area contributed by atoms with Gasteiger partial charge in [-0.1, -0.05) is 12.1 Å². The lowest BCUT2D eigenvalue weighted by Gasteiger charge is -2.13. The molecule has 0 aliphatic carbocycles. The third kappa shape index (κ3) is 2.47. The van der Waals surface area contributed by atoms with Gasteiger partial charge in [0.1, 0.15) is 12.4 Å². The molecular weight excluding hydrogens is 266 g/mol. The fourth-order valence-electron chi connectivity index (χ4n) is 2.23. The third-order valence-electron chi connectivity index (χ3n) is 3.40. The van der Waals surface area contributed by atoms with Crippen LogP contribution in [-0.4, -0.2) is 30.3 Å². The van der Waals surface area contributed by atoms with E-state index in [0.717, 1.165) is 11.5 Å². The van der Waals surface area contributed by atoms with Crippen LogP contribution in [0.5, 0.6) is 0 Å². The number of carbonyl (C=O) groups is 1. The number of rotatable bonds is 4. The molecule has 2 heterocycles. The van der Waals surface area contributed by atoms with Crippen LogP contribution >= 0.6 is 0 Å². The van der Waals surface area contributed by atoms with E-state index in [4.69, 9.17) is 0 Å². The standard InChI is InChI=1S/C15H15N5O/c1-11(20-8-4-7-17-20)15-18-16-10-19(15)14-6-3-5-13(9-14)12(2)21/h3-11H,1-2H3/t11-/m1/s1. The second kappa shape index (κ2) is 5.32. The highest BCUT2D eigenvalue weighted by Crippen LogP contribution is 2.19. The van der Waals surface area contributed by atoms with E-state index in [-0.39, 0.29) is 11.8 Å². The van der Waals surface area contributed by atoms with E-state index in [1.54, 1.807) is 25.5 Å². The van der Waals surface area contributed by atoms with Crippen molar-refractivity contribution in [2.75, 3.05) is 0 Å². The molecule has 0 aliphatic heterocycles. The van der Waals surface area contributed by atoms with Gasteiger partial charge in [0.2, 0.25) is 0 Å². The van der Waals surface area contributed by atoms with Gasteiger partial charge in [-0.15, -0.1) is 10.2 Å². The Bertz CT molecular complexity index is 760. The minimum Gasteiger partial charge on any atom is -0.295 e. The first-order valence-electron chi connectivity index (χ1n) is 6.67. The molecular formula is C15H15N5O. The Hall–Kier alpha value is -2.76. The summed E-state index contributed by atoms with van der Waals surface area (Å²) in [6.07, 6.45) is 5.26. The maximum atomic E-state index is 11.5. The summed E-state index contributed by atoms with van der Waals surface area (Å²) in [4.78, 5) is 11.5. The molecule has 21 heavy (non-hydrogen) atoms. The molecule has 6 heteroatoms. The Morgan fingerprint density at radius 2 is 2.14 bits per heavy atom. The summed E-state index contributed by atoms with van der Waals surface area (Å²) >= 11 is 0. The smallest absolute Gasteiger partial charge is 0.162 e. The highest BCUT2D eigenvalue weighted by molar-refractivity contribution is 5.94. The van der Waals surface area contributed by atoms with Gasteiger partial charge in [0.15, 0.2) is 11.6 Å². The Balaban J connectivity index is 2.03. The molecule has 0 saturated heterocycles. The number of ketones is 1. The summed E-state index contributed by atoms with van der Waals surface area (Å²) in [6, 6.07) is 9.23. The fourth-order valence-corrected chi connectivity index (χ4v) is 2.23. The monoisotopic (exact) mass is 281 g/mol. The Labute approximate surface area is 122 Å². The van der Waals surface area contributed by atoms with Crippen LogP contribution in [0, 0.1) is 0 Å². The molecule has 106 valence electrons. The van der Waals surface area contributed by atoms with Gasteiger partial charge < -0.3 is 0 Å². The van der Waals surface area contributed by atoms with Gasteiger partial charge in [0, 0.05) is 23.6 Å². The second-order valence-electron chi connectivity index (χ2n) is 4.83. The Morgan fingerprint density at radius 3 is 2.86 bits per heavy atom. The van der Waals surface area contributed by atoms with Crippen LogP contribution in [0.2, 0.25) is 0 Å². The molecule has 0 unspecified atom stereocenters. The summed E-state index contributed by atoms with van der Waals surface area (Å²) in [6.45, 7) is 3.56. The van der Waals surface area contributed by atoms with Crippen LogP contribution < -0.4 is 0 Å². The lowest BCUT2D eigenvalue weighted by atomic mass is 10.1.